The first-order valence-corrected chi connectivity index (χ1v) is 7.46. The van der Waals surface area contributed by atoms with E-state index in [1.807, 2.05) is 20.8 Å². The average Bonchev–Trinajstić information content (AvgIpc) is 2.65. The molecule has 0 saturated heterocycles. The van der Waals surface area contributed by atoms with Crippen LogP contribution in [0.5, 0.6) is 0 Å². The van der Waals surface area contributed by atoms with Gasteiger partial charge in [0.1, 0.15) is 10.6 Å². The van der Waals surface area contributed by atoms with Crippen molar-refractivity contribution in [1.29, 1.82) is 0 Å². The van der Waals surface area contributed by atoms with E-state index in [2.05, 4.69) is 10.3 Å². The van der Waals surface area contributed by atoms with Crippen LogP contribution in [0.2, 0.25) is 0 Å². The van der Waals surface area contributed by atoms with E-state index in [1.165, 1.54) is 12.3 Å². The molecule has 2 N–H and O–H groups in total. The van der Waals surface area contributed by atoms with E-state index >= 15 is 0 Å². The van der Waals surface area contributed by atoms with E-state index in [1.54, 1.807) is 0 Å². The quantitative estimate of drug-likeness (QED) is 0.823. The molecule has 0 aromatic carbocycles. The van der Waals surface area contributed by atoms with Crippen LogP contribution in [0.1, 0.15) is 31.3 Å². The minimum absolute atomic E-state index is 0.00172. The number of aromatic amines is 1. The molecule has 5 nitrogen and oxygen atoms in total. The maximum Gasteiger partial charge on any atom is 0.267 e. The first-order valence-electron chi connectivity index (χ1n) is 5.15. The summed E-state index contributed by atoms with van der Waals surface area (Å²) in [6.45, 7) is 5.84. The molecule has 7 heteroatoms. The van der Waals surface area contributed by atoms with Crippen molar-refractivity contribution in [1.82, 2.24) is 10.3 Å². The summed E-state index contributed by atoms with van der Waals surface area (Å²) in [6.07, 6.45) is 1.19. The number of aromatic nitrogens is 1. The van der Waals surface area contributed by atoms with Gasteiger partial charge in [0.15, 0.2) is 0 Å². The topological polar surface area (TPSA) is 79.0 Å². The van der Waals surface area contributed by atoms with Gasteiger partial charge < -0.3 is 10.3 Å². The lowest BCUT2D eigenvalue weighted by molar-refractivity contribution is 0.0926. The zero-order chi connectivity index (χ0) is 13.2. The molecule has 0 saturated carbocycles. The zero-order valence-corrected chi connectivity index (χ0v) is 11.4. The third-order valence-electron chi connectivity index (χ3n) is 2.54. The summed E-state index contributed by atoms with van der Waals surface area (Å²) in [7, 11) is 1.35. The maximum atomic E-state index is 11.7. The van der Waals surface area contributed by atoms with Crippen LogP contribution < -0.4 is 5.32 Å². The number of amides is 1. The second-order valence-electron chi connectivity index (χ2n) is 4.19. The van der Waals surface area contributed by atoms with Gasteiger partial charge in [0, 0.05) is 22.9 Å². The third kappa shape index (κ3) is 3.74. The molecular weight excluding hydrogens is 264 g/mol. The van der Waals surface area contributed by atoms with E-state index < -0.39 is 9.05 Å². The van der Waals surface area contributed by atoms with E-state index in [4.69, 9.17) is 10.7 Å². The molecule has 0 radical (unpaired) electrons. The molecule has 17 heavy (non-hydrogen) atoms. The van der Waals surface area contributed by atoms with Crippen molar-refractivity contribution in [2.24, 2.45) is 5.92 Å². The van der Waals surface area contributed by atoms with Crippen LogP contribution in [-0.2, 0) is 9.05 Å². The monoisotopic (exact) mass is 278 g/mol. The molecule has 1 rings (SSSR count). The molecule has 1 aromatic heterocycles. The van der Waals surface area contributed by atoms with Crippen LogP contribution in [0.25, 0.3) is 0 Å². The summed E-state index contributed by atoms with van der Waals surface area (Å²) in [5.74, 6) is -0.0529. The van der Waals surface area contributed by atoms with E-state index in [9.17, 15) is 13.2 Å². The summed E-state index contributed by atoms with van der Waals surface area (Å²) < 4.78 is 22.0. The van der Waals surface area contributed by atoms with Crippen molar-refractivity contribution in [2.45, 2.75) is 31.7 Å². The number of carbonyl (C=O) groups is 1. The average molecular weight is 279 g/mol. The summed E-state index contributed by atoms with van der Waals surface area (Å²) in [5.41, 5.74) is 0.178. The highest BCUT2D eigenvalue weighted by Gasteiger charge is 2.17. The maximum absolute atomic E-state index is 11.7. The van der Waals surface area contributed by atoms with Crippen LogP contribution >= 0.6 is 10.7 Å². The fourth-order valence-electron chi connectivity index (χ4n) is 1.10. The SMILES string of the molecule is CC(C)C(C)NC(=O)c1cc(S(=O)(=O)Cl)c[nH]1. The minimum Gasteiger partial charge on any atom is -0.356 e. The van der Waals surface area contributed by atoms with Gasteiger partial charge in [0.25, 0.3) is 15.0 Å². The van der Waals surface area contributed by atoms with Gasteiger partial charge in [-0.15, -0.1) is 0 Å². The molecule has 1 amide bonds. The molecule has 96 valence electrons. The number of hydrogen-bond donors (Lipinski definition) is 2. The van der Waals surface area contributed by atoms with Crippen molar-refractivity contribution in [3.8, 4) is 0 Å². The second-order valence-corrected chi connectivity index (χ2v) is 6.76. The summed E-state index contributed by atoms with van der Waals surface area (Å²) in [4.78, 5) is 14.2. The van der Waals surface area contributed by atoms with Crippen LogP contribution in [-0.4, -0.2) is 25.4 Å². The minimum atomic E-state index is -3.80. The molecular formula is C10H15ClN2O3S. The van der Waals surface area contributed by atoms with Gasteiger partial charge in [-0.25, -0.2) is 8.42 Å². The Morgan fingerprint density at radius 1 is 1.41 bits per heavy atom. The van der Waals surface area contributed by atoms with E-state index in [0.29, 0.717) is 5.92 Å². The highest BCUT2D eigenvalue weighted by Crippen LogP contribution is 2.15. The molecule has 0 aliphatic rings. The fraction of sp³-hybridized carbons (Fsp3) is 0.500. The number of H-pyrrole nitrogens is 1. The highest BCUT2D eigenvalue weighted by atomic mass is 35.7. The van der Waals surface area contributed by atoms with Crippen LogP contribution in [0.15, 0.2) is 17.2 Å². The molecule has 1 aromatic rings. The van der Waals surface area contributed by atoms with Gasteiger partial charge in [0.2, 0.25) is 0 Å². The molecule has 1 atom stereocenters. The van der Waals surface area contributed by atoms with E-state index in [0.717, 1.165) is 0 Å². The number of nitrogens with one attached hydrogen (secondary N) is 2. The largest absolute Gasteiger partial charge is 0.356 e. The fourth-order valence-corrected chi connectivity index (χ4v) is 1.82. The van der Waals surface area contributed by atoms with Crippen molar-refractivity contribution in [3.05, 3.63) is 18.0 Å². The highest BCUT2D eigenvalue weighted by molar-refractivity contribution is 8.13. The molecule has 0 aliphatic carbocycles. The molecule has 0 bridgehead atoms. The van der Waals surface area contributed by atoms with Crippen LogP contribution in [0.3, 0.4) is 0 Å². The molecule has 1 heterocycles. The van der Waals surface area contributed by atoms with Crippen molar-refractivity contribution in [2.75, 3.05) is 0 Å². The first-order chi connectivity index (χ1) is 7.71. The standard InChI is InChI=1S/C10H15ClN2O3S/c1-6(2)7(3)13-10(14)9-4-8(5-12-9)17(11,15)16/h4-7,12H,1-3H3,(H,13,14). The first kappa shape index (κ1) is 14.1. The summed E-state index contributed by atoms with van der Waals surface area (Å²) >= 11 is 0. The Morgan fingerprint density at radius 3 is 2.41 bits per heavy atom. The number of hydrogen-bond acceptors (Lipinski definition) is 3. The number of rotatable bonds is 4. The predicted molar refractivity (Wildman–Crippen MR) is 65.6 cm³/mol. The lowest BCUT2D eigenvalue weighted by Crippen LogP contribution is -2.36. The number of carbonyl (C=O) groups excluding carboxylic acids is 1. The summed E-state index contributed by atoms with van der Waals surface area (Å²) in [5, 5.41) is 2.75. The van der Waals surface area contributed by atoms with Gasteiger partial charge in [-0.3, -0.25) is 4.79 Å². The Morgan fingerprint density at radius 2 is 2.00 bits per heavy atom. The van der Waals surface area contributed by atoms with Gasteiger partial charge in [-0.05, 0) is 18.9 Å². The summed E-state index contributed by atoms with van der Waals surface area (Å²) in [6, 6.07) is 1.21. The van der Waals surface area contributed by atoms with Crippen molar-refractivity contribution < 1.29 is 13.2 Å². The van der Waals surface area contributed by atoms with Crippen molar-refractivity contribution >= 4 is 25.6 Å². The van der Waals surface area contributed by atoms with Crippen molar-refractivity contribution in [3.63, 3.8) is 0 Å². The van der Waals surface area contributed by atoms with Gasteiger partial charge in [-0.2, -0.15) is 0 Å². The lowest BCUT2D eigenvalue weighted by Gasteiger charge is -2.16. The Hall–Kier alpha value is -1.01. The molecule has 1 unspecified atom stereocenters. The Labute approximate surface area is 105 Å². The number of halogens is 1. The van der Waals surface area contributed by atoms with Gasteiger partial charge in [0.05, 0.1) is 0 Å². The lowest BCUT2D eigenvalue weighted by atomic mass is 10.1. The molecule has 0 spiro atoms. The zero-order valence-electron chi connectivity index (χ0n) is 9.82. The Bertz CT molecular complexity index is 507. The molecule has 0 aliphatic heterocycles. The predicted octanol–water partition coefficient (Wildman–Crippen LogP) is 1.72. The van der Waals surface area contributed by atoms with Gasteiger partial charge >= 0.3 is 0 Å². The second kappa shape index (κ2) is 5.10. The Kier molecular flexibility index (Phi) is 4.21. The van der Waals surface area contributed by atoms with Gasteiger partial charge in [-0.1, -0.05) is 13.8 Å². The van der Waals surface area contributed by atoms with Crippen LogP contribution in [0, 0.1) is 5.92 Å². The van der Waals surface area contributed by atoms with E-state index in [-0.39, 0.29) is 22.5 Å². The normalized spacial score (nSPS) is 13.7. The third-order valence-corrected chi connectivity index (χ3v) is 3.87. The smallest absolute Gasteiger partial charge is 0.267 e. The Balaban J connectivity index is 2.81. The molecule has 0 fully saturated rings. The van der Waals surface area contributed by atoms with Crippen LogP contribution in [0.4, 0.5) is 0 Å².